The molecule has 34 heavy (non-hydrogen) atoms. The summed E-state index contributed by atoms with van der Waals surface area (Å²) in [7, 11) is 3.56. The summed E-state index contributed by atoms with van der Waals surface area (Å²) in [6.45, 7) is 5.23. The van der Waals surface area contributed by atoms with Crippen molar-refractivity contribution in [2.45, 2.75) is 57.5 Å². The molecule has 4 rings (SSSR count). The predicted octanol–water partition coefficient (Wildman–Crippen LogP) is 3.19. The highest BCUT2D eigenvalue weighted by atomic mass is 28.1. The van der Waals surface area contributed by atoms with Gasteiger partial charge in [0, 0.05) is 11.6 Å². The van der Waals surface area contributed by atoms with Crippen LogP contribution in [-0.4, -0.2) is 55.4 Å². The van der Waals surface area contributed by atoms with Crippen LogP contribution < -0.4 is 10.1 Å². The number of hydrogen-bond donors (Lipinski definition) is 1. The van der Waals surface area contributed by atoms with E-state index in [9.17, 15) is 18.8 Å². The van der Waals surface area contributed by atoms with Gasteiger partial charge in [0.1, 0.15) is 11.4 Å². The largest absolute Gasteiger partial charge is 0.479 e. The van der Waals surface area contributed by atoms with Gasteiger partial charge in [0.05, 0.1) is 39.8 Å². The van der Waals surface area contributed by atoms with E-state index in [-0.39, 0.29) is 29.9 Å². The van der Waals surface area contributed by atoms with Gasteiger partial charge in [0.15, 0.2) is 0 Å². The molecular formula is C24H25FN3O5Si. The number of nitrogens with one attached hydrogen (secondary N) is 1. The second-order valence-electron chi connectivity index (χ2n) is 9.47. The van der Waals surface area contributed by atoms with Crippen LogP contribution in [0.1, 0.15) is 59.9 Å². The Hall–Kier alpha value is -3.27. The summed E-state index contributed by atoms with van der Waals surface area (Å²) in [5.74, 6) is -1.30. The maximum Gasteiger partial charge on any atom is 0.407 e. The van der Waals surface area contributed by atoms with E-state index in [4.69, 9.17) is 9.47 Å². The van der Waals surface area contributed by atoms with Gasteiger partial charge in [0.2, 0.25) is 5.88 Å². The number of benzene rings is 1. The Morgan fingerprint density at radius 3 is 2.44 bits per heavy atom. The zero-order chi connectivity index (χ0) is 24.6. The number of amides is 3. The normalized spacial score (nSPS) is 20.4. The van der Waals surface area contributed by atoms with Crippen molar-refractivity contribution in [3.63, 3.8) is 0 Å². The van der Waals surface area contributed by atoms with Crippen LogP contribution in [-0.2, 0) is 11.3 Å². The van der Waals surface area contributed by atoms with Gasteiger partial charge in [-0.25, -0.2) is 14.2 Å². The molecule has 1 N–H and O–H groups in total. The third kappa shape index (κ3) is 5.11. The van der Waals surface area contributed by atoms with E-state index in [1.165, 1.54) is 6.07 Å². The fourth-order valence-electron chi connectivity index (χ4n) is 3.96. The minimum Gasteiger partial charge on any atom is -0.479 e. The average molecular weight is 483 g/mol. The van der Waals surface area contributed by atoms with Crippen LogP contribution in [0.15, 0.2) is 36.5 Å². The van der Waals surface area contributed by atoms with Crippen molar-refractivity contribution in [1.82, 2.24) is 15.2 Å². The molecule has 3 radical (unpaired) electrons. The number of hydrogen-bond acceptors (Lipinski definition) is 6. The van der Waals surface area contributed by atoms with E-state index in [2.05, 4.69) is 20.5 Å². The molecule has 0 bridgehead atoms. The minimum atomic E-state index is -0.602. The quantitative estimate of drug-likeness (QED) is 0.502. The van der Waals surface area contributed by atoms with Gasteiger partial charge in [-0.05, 0) is 57.7 Å². The molecule has 2 aromatic rings. The monoisotopic (exact) mass is 482 g/mol. The summed E-state index contributed by atoms with van der Waals surface area (Å²) in [4.78, 5) is 42.4. The Morgan fingerprint density at radius 1 is 1.24 bits per heavy atom. The summed E-state index contributed by atoms with van der Waals surface area (Å²) in [6, 6.07) is 7.71. The number of imide groups is 1. The average Bonchev–Trinajstić information content (AvgIpc) is 2.96. The maximum atomic E-state index is 14.0. The molecule has 1 aromatic heterocycles. The number of alkyl carbamates (subject to hydrolysis) is 1. The first-order valence-electron chi connectivity index (χ1n) is 11.0. The Labute approximate surface area is 200 Å². The molecule has 1 aromatic carbocycles. The lowest BCUT2D eigenvalue weighted by Gasteiger charge is -2.39. The fraction of sp³-hybridized carbons (Fsp3) is 0.417. The van der Waals surface area contributed by atoms with Crippen molar-refractivity contribution in [2.75, 3.05) is 0 Å². The van der Waals surface area contributed by atoms with Crippen LogP contribution in [0.3, 0.4) is 0 Å². The van der Waals surface area contributed by atoms with Gasteiger partial charge in [-0.2, -0.15) is 0 Å². The first-order chi connectivity index (χ1) is 16.0. The second kappa shape index (κ2) is 9.17. The van der Waals surface area contributed by atoms with Crippen molar-refractivity contribution in [3.05, 3.63) is 59.0 Å². The van der Waals surface area contributed by atoms with E-state index in [0.29, 0.717) is 24.0 Å². The lowest BCUT2D eigenvalue weighted by Crippen LogP contribution is -2.50. The molecule has 1 saturated carbocycles. The van der Waals surface area contributed by atoms with Crippen molar-refractivity contribution in [1.29, 1.82) is 0 Å². The second-order valence-corrected chi connectivity index (χ2v) is 10.0. The van der Waals surface area contributed by atoms with Gasteiger partial charge in [-0.15, -0.1) is 0 Å². The molecule has 2 heterocycles. The molecule has 8 nitrogen and oxygen atoms in total. The highest BCUT2D eigenvalue weighted by Crippen LogP contribution is 2.33. The Bertz CT molecular complexity index is 1090. The van der Waals surface area contributed by atoms with Gasteiger partial charge in [-0.1, -0.05) is 12.1 Å². The van der Waals surface area contributed by atoms with E-state index in [0.717, 1.165) is 11.1 Å². The van der Waals surface area contributed by atoms with E-state index in [1.807, 2.05) is 0 Å². The zero-order valence-corrected chi connectivity index (χ0v) is 20.1. The number of ether oxygens (including phenoxy) is 2. The molecule has 1 unspecified atom stereocenters. The zero-order valence-electron chi connectivity index (χ0n) is 19.1. The van der Waals surface area contributed by atoms with Crippen LogP contribution in [0, 0.1) is 11.7 Å². The molecule has 0 saturated heterocycles. The summed E-state index contributed by atoms with van der Waals surface area (Å²) in [5.41, 5.74) is -0.125. The SMILES string of the molecule is CC(C)(C)OC(=O)NC1CC(C([Si])Oc2ncc(F)cc2CN2C(=O)c3ccccc3C2=O)C1. The van der Waals surface area contributed by atoms with Crippen molar-refractivity contribution in [2.24, 2.45) is 5.92 Å². The highest BCUT2D eigenvalue weighted by Gasteiger charge is 2.38. The number of carbonyl (C=O) groups excluding carboxylic acids is 3. The first kappa shape index (κ1) is 23.9. The number of nitrogens with zero attached hydrogens (tertiary/aromatic N) is 2. The number of rotatable bonds is 6. The molecule has 1 atom stereocenters. The summed E-state index contributed by atoms with van der Waals surface area (Å²) < 4.78 is 25.2. The van der Waals surface area contributed by atoms with Crippen LogP contribution in [0.5, 0.6) is 5.88 Å². The number of pyridine rings is 1. The van der Waals surface area contributed by atoms with Crippen molar-refractivity contribution >= 4 is 28.2 Å². The molecular weight excluding hydrogens is 457 g/mol. The topological polar surface area (TPSA) is 97.8 Å². The summed E-state index contributed by atoms with van der Waals surface area (Å²) in [6.07, 6.45) is 1.86. The van der Waals surface area contributed by atoms with Crippen LogP contribution in [0.4, 0.5) is 9.18 Å². The van der Waals surface area contributed by atoms with Crippen molar-refractivity contribution in [3.8, 4) is 5.88 Å². The van der Waals surface area contributed by atoms with Gasteiger partial charge >= 0.3 is 6.09 Å². The Morgan fingerprint density at radius 2 is 1.85 bits per heavy atom. The predicted molar refractivity (Wildman–Crippen MR) is 121 cm³/mol. The maximum absolute atomic E-state index is 14.0. The number of fused-ring (bicyclic) bond motifs is 1. The molecule has 1 fully saturated rings. The lowest BCUT2D eigenvalue weighted by molar-refractivity contribution is 0.0401. The first-order valence-corrected chi connectivity index (χ1v) is 11.6. The molecule has 177 valence electrons. The molecule has 10 heteroatoms. The van der Waals surface area contributed by atoms with Gasteiger partial charge in [-0.3, -0.25) is 14.5 Å². The third-order valence-electron chi connectivity index (χ3n) is 5.66. The molecule has 2 aliphatic rings. The number of aromatic nitrogens is 1. The molecule has 1 aliphatic heterocycles. The van der Waals surface area contributed by atoms with E-state index in [1.54, 1.807) is 45.0 Å². The summed E-state index contributed by atoms with van der Waals surface area (Å²) >= 11 is 0. The lowest BCUT2D eigenvalue weighted by atomic mass is 9.80. The Kier molecular flexibility index (Phi) is 6.44. The highest BCUT2D eigenvalue weighted by molar-refractivity contribution is 6.21. The molecule has 0 spiro atoms. The minimum absolute atomic E-state index is 0.0405. The molecule has 1 aliphatic carbocycles. The van der Waals surface area contributed by atoms with Crippen LogP contribution in [0.2, 0.25) is 0 Å². The third-order valence-corrected chi connectivity index (χ3v) is 6.25. The number of carbonyl (C=O) groups is 3. The van der Waals surface area contributed by atoms with Crippen LogP contribution in [0.25, 0.3) is 0 Å². The van der Waals surface area contributed by atoms with Crippen LogP contribution >= 0.6 is 0 Å². The standard InChI is InChI=1S/C24H25FN3O5Si/c1-24(2,3)33-23(31)27-16-9-13(10-16)22(34)32-19-14(8-15(25)11-26-19)12-28-20(29)17-6-4-5-7-18(17)21(28)30/h4-8,11,13,16,22H,9-10,12H2,1-3H3,(H,27,31). The summed E-state index contributed by atoms with van der Waals surface area (Å²) in [5, 5.41) is 2.82. The number of halogens is 1. The van der Waals surface area contributed by atoms with Gasteiger partial charge < -0.3 is 14.8 Å². The van der Waals surface area contributed by atoms with E-state index >= 15 is 0 Å². The molecule has 3 amide bonds. The Balaban J connectivity index is 1.38. The van der Waals surface area contributed by atoms with E-state index < -0.39 is 35.1 Å². The van der Waals surface area contributed by atoms with Gasteiger partial charge in [0.25, 0.3) is 11.8 Å². The fourth-order valence-corrected chi connectivity index (χ4v) is 4.34. The smallest absolute Gasteiger partial charge is 0.407 e. The van der Waals surface area contributed by atoms with Crippen molar-refractivity contribution < 1.29 is 28.2 Å².